The third kappa shape index (κ3) is 5.31. The molecule has 0 spiro atoms. The number of nitrogens with zero attached hydrogens (tertiary/aromatic N) is 1. The van der Waals surface area contributed by atoms with Gasteiger partial charge in [-0.15, -0.1) is 0 Å². The molecule has 4 N–H and O–H groups in total. The van der Waals surface area contributed by atoms with Crippen LogP contribution in [-0.4, -0.2) is 20.4 Å². The maximum absolute atomic E-state index is 12.2. The second-order valence-electron chi connectivity index (χ2n) is 6.23. The minimum absolute atomic E-state index is 0.0340. The molecule has 0 bridgehead atoms. The second kappa shape index (κ2) is 8.14. The van der Waals surface area contributed by atoms with Crippen molar-refractivity contribution in [2.75, 3.05) is 5.32 Å². The van der Waals surface area contributed by atoms with Gasteiger partial charge in [0.1, 0.15) is 11.6 Å². The molecule has 0 saturated heterocycles. The molecular weight excluding hydrogens is 340 g/mol. The van der Waals surface area contributed by atoms with Crippen LogP contribution in [0.5, 0.6) is 0 Å². The Morgan fingerprint density at radius 3 is 2.48 bits per heavy atom. The Kier molecular flexibility index (Phi) is 6.17. The second-order valence-corrected chi connectivity index (χ2v) is 7.79. The highest BCUT2D eigenvalue weighted by molar-refractivity contribution is 7.89. The van der Waals surface area contributed by atoms with Gasteiger partial charge in [0.05, 0.1) is 4.90 Å². The lowest BCUT2D eigenvalue weighted by atomic mass is 9.86. The van der Waals surface area contributed by atoms with E-state index in [1.807, 2.05) is 6.07 Å². The van der Waals surface area contributed by atoms with Gasteiger partial charge < -0.3 is 10.6 Å². The molecule has 0 aromatic heterocycles. The maximum Gasteiger partial charge on any atom is 0.267 e. The Labute approximate surface area is 148 Å². The highest BCUT2D eigenvalue weighted by Crippen LogP contribution is 2.23. The van der Waals surface area contributed by atoms with Crippen molar-refractivity contribution in [3.8, 4) is 6.07 Å². The topological polar surface area (TPSA) is 125 Å². The highest BCUT2D eigenvalue weighted by atomic mass is 32.2. The Bertz CT molecular complexity index is 794. The number of nitriles is 1. The van der Waals surface area contributed by atoms with E-state index >= 15 is 0 Å². The van der Waals surface area contributed by atoms with Crippen LogP contribution in [0.15, 0.2) is 40.9 Å². The van der Waals surface area contributed by atoms with Gasteiger partial charge in [-0.1, -0.05) is 19.8 Å². The Morgan fingerprint density at radius 1 is 1.28 bits per heavy atom. The number of carbonyl (C=O) groups is 1. The molecule has 7 nitrogen and oxygen atoms in total. The molecule has 134 valence electrons. The van der Waals surface area contributed by atoms with E-state index in [1.165, 1.54) is 36.9 Å². The van der Waals surface area contributed by atoms with Crippen molar-refractivity contribution in [3.63, 3.8) is 0 Å². The Morgan fingerprint density at radius 2 is 1.92 bits per heavy atom. The fourth-order valence-electron chi connectivity index (χ4n) is 2.83. The number of hydrogen-bond acceptors (Lipinski definition) is 5. The molecule has 1 aliphatic rings. The van der Waals surface area contributed by atoms with Crippen molar-refractivity contribution in [3.05, 3.63) is 36.0 Å². The van der Waals surface area contributed by atoms with Crippen molar-refractivity contribution in [2.45, 2.75) is 43.5 Å². The predicted molar refractivity (Wildman–Crippen MR) is 94.7 cm³/mol. The number of carbonyl (C=O) groups excluding carboxylic acids is 1. The molecular formula is C17H22N4O3S. The first kappa shape index (κ1) is 19.0. The van der Waals surface area contributed by atoms with Gasteiger partial charge in [0.15, 0.2) is 0 Å². The van der Waals surface area contributed by atoms with Crippen LogP contribution >= 0.6 is 0 Å². The highest BCUT2D eigenvalue weighted by Gasteiger charge is 2.20. The number of amides is 1. The Hall–Kier alpha value is -2.37. The van der Waals surface area contributed by atoms with E-state index in [1.54, 1.807) is 0 Å². The zero-order chi connectivity index (χ0) is 18.4. The van der Waals surface area contributed by atoms with Crippen LogP contribution in [-0.2, 0) is 14.8 Å². The first-order chi connectivity index (χ1) is 11.8. The van der Waals surface area contributed by atoms with Gasteiger partial charge in [-0.2, -0.15) is 5.26 Å². The predicted octanol–water partition coefficient (Wildman–Crippen LogP) is 1.85. The van der Waals surface area contributed by atoms with Gasteiger partial charge >= 0.3 is 0 Å². The minimum Gasteiger partial charge on any atom is -0.387 e. The summed E-state index contributed by atoms with van der Waals surface area (Å²) in [5.74, 6) is -0.0550. The lowest BCUT2D eigenvalue weighted by Crippen LogP contribution is -2.34. The maximum atomic E-state index is 12.2. The number of hydrogen-bond donors (Lipinski definition) is 3. The molecule has 0 radical (unpaired) electrons. The van der Waals surface area contributed by atoms with Gasteiger partial charge in [0.2, 0.25) is 10.0 Å². The van der Waals surface area contributed by atoms with Crippen molar-refractivity contribution >= 4 is 21.6 Å². The number of rotatable bonds is 5. The van der Waals surface area contributed by atoms with Gasteiger partial charge in [0, 0.05) is 17.9 Å². The summed E-state index contributed by atoms with van der Waals surface area (Å²) in [5.41, 5.74) is 0.345. The van der Waals surface area contributed by atoms with E-state index in [9.17, 15) is 18.5 Å². The summed E-state index contributed by atoms with van der Waals surface area (Å²) < 4.78 is 22.4. The van der Waals surface area contributed by atoms with Gasteiger partial charge in [-0.3, -0.25) is 4.79 Å². The van der Waals surface area contributed by atoms with E-state index in [-0.39, 0.29) is 16.5 Å². The van der Waals surface area contributed by atoms with E-state index in [2.05, 4.69) is 17.6 Å². The first-order valence-corrected chi connectivity index (χ1v) is 9.66. The standard InChI is InChI=1S/C17H22N4O3S/c1-12-4-2-3-5-16(12)20-11-13(10-18)17(22)21-14-6-8-15(9-7-14)25(19,23)24/h6-9,11-12,16,20H,2-5H2,1H3,(H,21,22)(H2,19,23,24)/b13-11-. The average molecular weight is 362 g/mol. The molecule has 0 heterocycles. The van der Waals surface area contributed by atoms with E-state index in [4.69, 9.17) is 5.14 Å². The van der Waals surface area contributed by atoms with Crippen molar-refractivity contribution < 1.29 is 13.2 Å². The number of benzene rings is 1. The van der Waals surface area contributed by atoms with Crippen LogP contribution in [0.3, 0.4) is 0 Å². The molecule has 1 fully saturated rings. The lowest BCUT2D eigenvalue weighted by Gasteiger charge is -2.29. The Balaban J connectivity index is 2.02. The molecule has 0 aliphatic heterocycles. The molecule has 1 saturated carbocycles. The summed E-state index contributed by atoms with van der Waals surface area (Å²) in [6.07, 6.45) is 5.97. The van der Waals surface area contributed by atoms with Crippen molar-refractivity contribution in [1.82, 2.24) is 5.32 Å². The van der Waals surface area contributed by atoms with Crippen molar-refractivity contribution in [2.24, 2.45) is 11.1 Å². The first-order valence-electron chi connectivity index (χ1n) is 8.12. The number of nitrogens with one attached hydrogen (secondary N) is 2. The zero-order valence-electron chi connectivity index (χ0n) is 14.0. The van der Waals surface area contributed by atoms with E-state index in [0.717, 1.165) is 19.3 Å². The van der Waals surface area contributed by atoms with Crippen LogP contribution in [0, 0.1) is 17.2 Å². The molecule has 1 aromatic carbocycles. The summed E-state index contributed by atoms with van der Waals surface area (Å²) >= 11 is 0. The molecule has 2 rings (SSSR count). The summed E-state index contributed by atoms with van der Waals surface area (Å²) in [5, 5.41) is 20.0. The lowest BCUT2D eigenvalue weighted by molar-refractivity contribution is -0.112. The molecule has 8 heteroatoms. The minimum atomic E-state index is -3.78. The number of primary sulfonamides is 1. The van der Waals surface area contributed by atoms with Crippen LogP contribution in [0.4, 0.5) is 5.69 Å². The smallest absolute Gasteiger partial charge is 0.267 e. The van der Waals surface area contributed by atoms with Crippen LogP contribution in [0.1, 0.15) is 32.6 Å². The normalized spacial score (nSPS) is 21.2. The molecule has 2 atom stereocenters. The third-order valence-corrected chi connectivity index (χ3v) is 5.29. The third-order valence-electron chi connectivity index (χ3n) is 4.36. The quantitative estimate of drug-likeness (QED) is 0.544. The fourth-order valence-corrected chi connectivity index (χ4v) is 3.34. The zero-order valence-corrected chi connectivity index (χ0v) is 14.8. The van der Waals surface area contributed by atoms with Crippen LogP contribution in [0.2, 0.25) is 0 Å². The number of sulfonamides is 1. The molecule has 2 unspecified atom stereocenters. The van der Waals surface area contributed by atoms with Crippen LogP contribution in [0.25, 0.3) is 0 Å². The summed E-state index contributed by atoms with van der Waals surface area (Å²) in [4.78, 5) is 12.1. The van der Waals surface area contributed by atoms with Gasteiger partial charge in [0.25, 0.3) is 5.91 Å². The van der Waals surface area contributed by atoms with Crippen molar-refractivity contribution in [1.29, 1.82) is 5.26 Å². The fraction of sp³-hybridized carbons (Fsp3) is 0.412. The summed E-state index contributed by atoms with van der Waals surface area (Å²) in [6.45, 7) is 2.16. The SMILES string of the molecule is CC1CCCCC1N/C=C(/C#N)C(=O)Nc1ccc(S(N)(=O)=O)cc1. The number of anilines is 1. The summed E-state index contributed by atoms with van der Waals surface area (Å²) in [6, 6.07) is 7.57. The largest absolute Gasteiger partial charge is 0.387 e. The van der Waals surface area contributed by atoms with Gasteiger partial charge in [-0.05, 0) is 43.0 Å². The van der Waals surface area contributed by atoms with E-state index in [0.29, 0.717) is 11.6 Å². The number of nitrogens with two attached hydrogens (primary N) is 1. The average Bonchev–Trinajstić information content (AvgIpc) is 2.56. The molecule has 1 amide bonds. The van der Waals surface area contributed by atoms with E-state index < -0.39 is 15.9 Å². The van der Waals surface area contributed by atoms with Crippen LogP contribution < -0.4 is 15.8 Å². The molecule has 1 aromatic rings. The van der Waals surface area contributed by atoms with Gasteiger partial charge in [-0.25, -0.2) is 13.6 Å². The monoisotopic (exact) mass is 362 g/mol. The molecule has 1 aliphatic carbocycles. The summed E-state index contributed by atoms with van der Waals surface area (Å²) in [7, 11) is -3.78. The molecule has 25 heavy (non-hydrogen) atoms.